The molecule has 7 amide bonds. The minimum absolute atomic E-state index is 0.00353. The normalized spacial score (nSPS) is 14.4. The van der Waals surface area contributed by atoms with Gasteiger partial charge in [-0.3, -0.25) is 43.3 Å². The van der Waals surface area contributed by atoms with Crippen molar-refractivity contribution in [1.29, 1.82) is 0 Å². The standard InChI is InChI=1S/C45H72N14O12/c1-5-25(4)37(47)43(69)59-31(17-24(2)3)38(64)52-22-35(61)54-33(19-27-21-50-23-53-27)41(67)55-29(10-8-16-51-45(48)49)39(65)58-34(20-36(62)63)42(68)57-32(18-26-11-13-28(60)14-12-26)40(66)56-30(44(70)71)9-6-7-15-46/h11-14,21,23-25,29-34,37,60H,5-10,15-20,22,46-47H2,1-4H3,(H,50,53)(H,52,64)(H,54,61)(H,55,67)(H,56,66)(H,57,68)(H,58,65)(H,59,69)(H,62,63)(H,70,71)(H4,48,49,51)/t25-,29+,30+,31+,32+,33+,34-,37+/m0/s1. The number of carbonyl (C=O) groups excluding carboxylic acids is 7. The van der Waals surface area contributed by atoms with Crippen molar-refractivity contribution in [3.8, 4) is 5.75 Å². The molecule has 0 bridgehead atoms. The zero-order valence-corrected chi connectivity index (χ0v) is 40.6. The molecule has 0 aliphatic heterocycles. The van der Waals surface area contributed by atoms with E-state index in [0.29, 0.717) is 30.5 Å². The highest BCUT2D eigenvalue weighted by Crippen LogP contribution is 2.14. The maximum absolute atomic E-state index is 14.1. The van der Waals surface area contributed by atoms with Crippen LogP contribution in [0.2, 0.25) is 0 Å². The maximum Gasteiger partial charge on any atom is 0.326 e. The summed E-state index contributed by atoms with van der Waals surface area (Å²) in [5.74, 6) is -9.68. The summed E-state index contributed by atoms with van der Waals surface area (Å²) in [6.45, 7) is 6.96. The van der Waals surface area contributed by atoms with Gasteiger partial charge < -0.3 is 80.5 Å². The van der Waals surface area contributed by atoms with Gasteiger partial charge in [0.2, 0.25) is 41.4 Å². The SMILES string of the molecule is CC[C@H](C)[C@@H](N)C(=O)N[C@H](CC(C)C)C(=O)NCC(=O)N[C@H](Cc1cnc[nH]1)C(=O)N[C@H](CCCN=C(N)N)C(=O)N[C@@H](CC(=O)O)C(=O)N[C@H](Cc1ccc(O)cc1)C(=O)N[C@H](CCCCN)C(=O)O. The number of guanidine groups is 1. The number of hydrogen-bond acceptors (Lipinski definition) is 14. The minimum atomic E-state index is -1.88. The summed E-state index contributed by atoms with van der Waals surface area (Å²) in [5, 5.41) is 46.8. The first kappa shape index (κ1) is 59.8. The molecule has 71 heavy (non-hydrogen) atoms. The van der Waals surface area contributed by atoms with E-state index in [0.717, 1.165) is 0 Å². The molecular formula is C45H72N14O12. The number of rotatable bonds is 33. The van der Waals surface area contributed by atoms with E-state index in [1.807, 2.05) is 20.8 Å². The fourth-order valence-electron chi connectivity index (χ4n) is 6.92. The first-order chi connectivity index (χ1) is 33.5. The molecule has 2 rings (SSSR count). The minimum Gasteiger partial charge on any atom is -0.508 e. The lowest BCUT2D eigenvalue weighted by Gasteiger charge is -2.27. The fourth-order valence-corrected chi connectivity index (χ4v) is 6.92. The van der Waals surface area contributed by atoms with Gasteiger partial charge in [-0.2, -0.15) is 0 Å². The Hall–Kier alpha value is -7.35. The van der Waals surface area contributed by atoms with Crippen LogP contribution in [0.1, 0.15) is 90.3 Å². The van der Waals surface area contributed by atoms with Crippen molar-refractivity contribution in [3.63, 3.8) is 0 Å². The number of aromatic amines is 1. The molecule has 26 heteroatoms. The van der Waals surface area contributed by atoms with Gasteiger partial charge in [0.25, 0.3) is 0 Å². The molecule has 0 unspecified atom stereocenters. The molecule has 0 fully saturated rings. The Balaban J connectivity index is 2.41. The van der Waals surface area contributed by atoms with Gasteiger partial charge in [0.1, 0.15) is 42.0 Å². The van der Waals surface area contributed by atoms with Gasteiger partial charge in [-0.05, 0) is 74.6 Å². The van der Waals surface area contributed by atoms with Gasteiger partial charge in [-0.1, -0.05) is 46.2 Å². The second kappa shape index (κ2) is 31.0. The molecule has 0 aliphatic rings. The third-order valence-corrected chi connectivity index (χ3v) is 11.1. The molecule has 8 atom stereocenters. The number of nitrogens with zero attached hydrogens (tertiary/aromatic N) is 2. The van der Waals surface area contributed by atoms with Crippen LogP contribution in [-0.2, 0) is 56.0 Å². The van der Waals surface area contributed by atoms with Crippen molar-refractivity contribution >= 4 is 59.2 Å². The summed E-state index contributed by atoms with van der Waals surface area (Å²) in [6, 6.07) is -4.17. The van der Waals surface area contributed by atoms with E-state index in [1.54, 1.807) is 6.92 Å². The number of phenols is 1. The van der Waals surface area contributed by atoms with Crippen LogP contribution in [-0.4, -0.2) is 146 Å². The van der Waals surface area contributed by atoms with Crippen LogP contribution in [0, 0.1) is 11.8 Å². The number of unbranched alkanes of at least 4 members (excludes halogenated alkanes) is 1. The highest BCUT2D eigenvalue weighted by molar-refractivity contribution is 5.98. The van der Waals surface area contributed by atoms with Crippen molar-refractivity contribution in [2.75, 3.05) is 19.6 Å². The third kappa shape index (κ3) is 22.7. The predicted molar refractivity (Wildman–Crippen MR) is 258 cm³/mol. The van der Waals surface area contributed by atoms with E-state index in [-0.39, 0.29) is 75.2 Å². The van der Waals surface area contributed by atoms with Crippen molar-refractivity contribution in [2.45, 2.75) is 134 Å². The Morgan fingerprint density at radius 1 is 0.704 bits per heavy atom. The Labute approximate surface area is 411 Å². The molecule has 394 valence electrons. The molecule has 1 heterocycles. The quantitative estimate of drug-likeness (QED) is 0.0194. The molecule has 1 aromatic carbocycles. The van der Waals surface area contributed by atoms with E-state index >= 15 is 0 Å². The Kier molecular flexibility index (Phi) is 26.1. The number of carboxylic acid groups (broad SMARTS) is 2. The lowest BCUT2D eigenvalue weighted by Crippen LogP contribution is -2.60. The number of benzene rings is 1. The molecule has 0 saturated carbocycles. The molecule has 0 aliphatic carbocycles. The van der Waals surface area contributed by atoms with E-state index < -0.39 is 109 Å². The third-order valence-electron chi connectivity index (χ3n) is 11.1. The lowest BCUT2D eigenvalue weighted by molar-refractivity contribution is -0.143. The van der Waals surface area contributed by atoms with Gasteiger partial charge in [0.15, 0.2) is 5.96 Å². The number of amides is 7. The second-order valence-corrected chi connectivity index (χ2v) is 17.5. The smallest absolute Gasteiger partial charge is 0.326 e. The number of carboxylic acids is 2. The van der Waals surface area contributed by atoms with Crippen LogP contribution in [0.5, 0.6) is 5.75 Å². The summed E-state index contributed by atoms with van der Waals surface area (Å²) in [4.78, 5) is 130. The van der Waals surface area contributed by atoms with E-state index in [2.05, 4.69) is 52.2 Å². The summed E-state index contributed by atoms with van der Waals surface area (Å²) < 4.78 is 0. The Bertz CT molecular complexity index is 2100. The topological polar surface area (TPSA) is 444 Å². The molecular weight excluding hydrogens is 929 g/mol. The zero-order chi connectivity index (χ0) is 53.2. The van der Waals surface area contributed by atoms with Crippen LogP contribution in [0.3, 0.4) is 0 Å². The zero-order valence-electron chi connectivity index (χ0n) is 40.6. The Morgan fingerprint density at radius 2 is 1.27 bits per heavy atom. The lowest BCUT2D eigenvalue weighted by atomic mass is 9.97. The summed E-state index contributed by atoms with van der Waals surface area (Å²) in [5.41, 5.74) is 23.3. The van der Waals surface area contributed by atoms with E-state index in [4.69, 9.17) is 22.9 Å². The average molecular weight is 1000 g/mol. The molecule has 19 N–H and O–H groups in total. The number of aliphatic imine (C=N–C) groups is 1. The van der Waals surface area contributed by atoms with Crippen LogP contribution in [0.15, 0.2) is 41.8 Å². The number of H-pyrrole nitrogens is 1. The number of nitrogens with two attached hydrogens (primary N) is 4. The van der Waals surface area contributed by atoms with E-state index in [9.17, 15) is 58.5 Å². The first-order valence-electron chi connectivity index (χ1n) is 23.3. The van der Waals surface area contributed by atoms with Gasteiger partial charge in [-0.15, -0.1) is 0 Å². The number of nitrogens with one attached hydrogen (secondary N) is 8. The van der Waals surface area contributed by atoms with Gasteiger partial charge in [0, 0.05) is 31.3 Å². The molecule has 1 aromatic heterocycles. The summed E-state index contributed by atoms with van der Waals surface area (Å²) >= 11 is 0. The number of carbonyl (C=O) groups is 9. The van der Waals surface area contributed by atoms with Crippen LogP contribution >= 0.6 is 0 Å². The number of phenolic OH excluding ortho intramolecular Hbond substituents is 1. The number of aliphatic carboxylic acids is 2. The van der Waals surface area contributed by atoms with Crippen LogP contribution in [0.25, 0.3) is 0 Å². The monoisotopic (exact) mass is 1000 g/mol. The maximum atomic E-state index is 14.1. The number of hydrogen-bond donors (Lipinski definition) is 15. The Morgan fingerprint density at radius 3 is 1.83 bits per heavy atom. The van der Waals surface area contributed by atoms with Crippen molar-refractivity contribution in [3.05, 3.63) is 48.0 Å². The average Bonchev–Trinajstić information content (AvgIpc) is 3.83. The van der Waals surface area contributed by atoms with E-state index in [1.165, 1.54) is 36.8 Å². The summed E-state index contributed by atoms with van der Waals surface area (Å²) in [7, 11) is 0. The van der Waals surface area contributed by atoms with Crippen LogP contribution < -0.4 is 60.2 Å². The van der Waals surface area contributed by atoms with Crippen molar-refractivity contribution in [1.82, 2.24) is 47.2 Å². The number of aromatic hydroxyl groups is 1. The van der Waals surface area contributed by atoms with Gasteiger partial charge >= 0.3 is 11.9 Å². The van der Waals surface area contributed by atoms with Gasteiger partial charge in [-0.25, -0.2) is 9.78 Å². The fraction of sp³-hybridized carbons (Fsp3) is 0.578. The molecule has 2 aromatic rings. The largest absolute Gasteiger partial charge is 0.508 e. The number of aromatic nitrogens is 2. The first-order valence-corrected chi connectivity index (χ1v) is 23.3. The molecule has 0 saturated heterocycles. The van der Waals surface area contributed by atoms with Crippen LogP contribution in [0.4, 0.5) is 0 Å². The van der Waals surface area contributed by atoms with Gasteiger partial charge in [0.05, 0.1) is 25.3 Å². The molecule has 26 nitrogen and oxygen atoms in total. The van der Waals surface area contributed by atoms with Crippen molar-refractivity contribution < 1.29 is 58.5 Å². The summed E-state index contributed by atoms with van der Waals surface area (Å²) in [6.07, 6.45) is 2.72. The highest BCUT2D eigenvalue weighted by atomic mass is 16.4. The molecule has 0 spiro atoms. The molecule has 0 radical (unpaired) electrons. The van der Waals surface area contributed by atoms with Crippen molar-refractivity contribution in [2.24, 2.45) is 39.8 Å². The second-order valence-electron chi connectivity index (χ2n) is 17.5. The predicted octanol–water partition coefficient (Wildman–Crippen LogP) is -2.91. The highest BCUT2D eigenvalue weighted by Gasteiger charge is 2.34. The number of imidazole rings is 1.